The van der Waals surface area contributed by atoms with Crippen LogP contribution in [-0.4, -0.2) is 57.1 Å². The Morgan fingerprint density at radius 1 is 1.03 bits per heavy atom. The molecule has 8 heteroatoms. The van der Waals surface area contributed by atoms with Crippen LogP contribution in [0.2, 0.25) is 0 Å². The summed E-state index contributed by atoms with van der Waals surface area (Å²) in [5, 5.41) is 9.58. The third-order valence-corrected chi connectivity index (χ3v) is 5.20. The van der Waals surface area contributed by atoms with Gasteiger partial charge in [0.2, 0.25) is 0 Å². The number of anilines is 1. The monoisotopic (exact) mass is 429 g/mol. The second-order valence-electron chi connectivity index (χ2n) is 7.17. The smallest absolute Gasteiger partial charge is 0.168 e. The molecule has 32 heavy (non-hydrogen) atoms. The Labute approximate surface area is 187 Å². The summed E-state index contributed by atoms with van der Waals surface area (Å²) in [5.74, 6) is 1.46. The fourth-order valence-corrected chi connectivity index (χ4v) is 3.34. The van der Waals surface area contributed by atoms with E-state index in [9.17, 15) is 0 Å². The minimum Gasteiger partial charge on any atom is -0.492 e. The standard InChI is InChI=1S/C24H27N7O/c1-3-30(4-2)14-15-32-21-12-10-19(11-13-21)16-27-29-23-22-17-28-31(24(22)26-18-25-23)20-8-6-5-7-9-20/h5-13,16-18H,3-4,14-15H2,1-2H3,(H,25,26,29)/b27-16+. The molecule has 8 nitrogen and oxygen atoms in total. The Kier molecular flexibility index (Phi) is 7.04. The van der Waals surface area contributed by atoms with E-state index >= 15 is 0 Å². The van der Waals surface area contributed by atoms with Crippen molar-refractivity contribution >= 4 is 23.1 Å². The van der Waals surface area contributed by atoms with Gasteiger partial charge in [-0.15, -0.1) is 0 Å². The molecule has 0 saturated heterocycles. The van der Waals surface area contributed by atoms with Gasteiger partial charge in [-0.3, -0.25) is 5.43 Å². The van der Waals surface area contributed by atoms with E-state index in [-0.39, 0.29) is 0 Å². The fraction of sp³-hybridized carbons (Fsp3) is 0.250. The number of benzene rings is 2. The van der Waals surface area contributed by atoms with Crippen LogP contribution in [0.4, 0.5) is 5.82 Å². The van der Waals surface area contributed by atoms with Crippen molar-refractivity contribution in [3.8, 4) is 11.4 Å². The van der Waals surface area contributed by atoms with Gasteiger partial charge in [0.05, 0.1) is 23.5 Å². The summed E-state index contributed by atoms with van der Waals surface area (Å²) >= 11 is 0. The van der Waals surface area contributed by atoms with Gasteiger partial charge in [0.15, 0.2) is 11.5 Å². The molecule has 0 unspecified atom stereocenters. The number of hydrogen-bond acceptors (Lipinski definition) is 7. The lowest BCUT2D eigenvalue weighted by molar-refractivity contribution is 0.223. The Hall–Kier alpha value is -3.78. The van der Waals surface area contributed by atoms with E-state index in [2.05, 4.69) is 44.3 Å². The van der Waals surface area contributed by atoms with Crippen LogP contribution in [0.1, 0.15) is 19.4 Å². The molecule has 2 aromatic carbocycles. The summed E-state index contributed by atoms with van der Waals surface area (Å²) in [6.07, 6.45) is 4.99. The molecule has 164 valence electrons. The van der Waals surface area contributed by atoms with Crippen molar-refractivity contribution < 1.29 is 4.74 Å². The molecule has 0 aliphatic rings. The van der Waals surface area contributed by atoms with Crippen molar-refractivity contribution in [2.45, 2.75) is 13.8 Å². The average molecular weight is 430 g/mol. The number of hydrogen-bond donors (Lipinski definition) is 1. The molecule has 1 N–H and O–H groups in total. The predicted octanol–water partition coefficient (Wildman–Crippen LogP) is 3.98. The van der Waals surface area contributed by atoms with E-state index in [4.69, 9.17) is 4.74 Å². The van der Waals surface area contributed by atoms with Crippen LogP contribution in [0.25, 0.3) is 16.7 Å². The highest BCUT2D eigenvalue weighted by atomic mass is 16.5. The van der Waals surface area contributed by atoms with Gasteiger partial charge in [-0.25, -0.2) is 14.6 Å². The Morgan fingerprint density at radius 3 is 2.56 bits per heavy atom. The maximum absolute atomic E-state index is 5.83. The van der Waals surface area contributed by atoms with Crippen molar-refractivity contribution in [3.63, 3.8) is 0 Å². The molecule has 0 amide bonds. The second-order valence-corrected chi connectivity index (χ2v) is 7.17. The van der Waals surface area contributed by atoms with Gasteiger partial charge < -0.3 is 9.64 Å². The Bertz CT molecular complexity index is 1150. The maximum Gasteiger partial charge on any atom is 0.168 e. The van der Waals surface area contributed by atoms with Gasteiger partial charge >= 0.3 is 0 Å². The highest BCUT2D eigenvalue weighted by Gasteiger charge is 2.10. The van der Waals surface area contributed by atoms with E-state index < -0.39 is 0 Å². The lowest BCUT2D eigenvalue weighted by Crippen LogP contribution is -2.27. The molecule has 0 bridgehead atoms. The second kappa shape index (κ2) is 10.5. The van der Waals surface area contributed by atoms with Crippen molar-refractivity contribution in [1.29, 1.82) is 0 Å². The van der Waals surface area contributed by atoms with Crippen molar-refractivity contribution in [2.75, 3.05) is 31.7 Å². The highest BCUT2D eigenvalue weighted by molar-refractivity contribution is 5.88. The first-order valence-electron chi connectivity index (χ1n) is 10.8. The van der Waals surface area contributed by atoms with Gasteiger partial charge in [-0.1, -0.05) is 32.0 Å². The Morgan fingerprint density at radius 2 is 1.81 bits per heavy atom. The predicted molar refractivity (Wildman–Crippen MR) is 128 cm³/mol. The molecule has 0 atom stereocenters. The van der Waals surface area contributed by atoms with Crippen LogP contribution < -0.4 is 10.2 Å². The minimum absolute atomic E-state index is 0.602. The molecule has 0 aliphatic heterocycles. The number of para-hydroxylation sites is 1. The molecule has 0 fully saturated rings. The summed E-state index contributed by atoms with van der Waals surface area (Å²) in [6.45, 7) is 7.99. The molecule has 4 rings (SSSR count). The molecular formula is C24H27N7O. The first-order valence-corrected chi connectivity index (χ1v) is 10.8. The van der Waals surface area contributed by atoms with Crippen LogP contribution in [0.3, 0.4) is 0 Å². The quantitative estimate of drug-likeness (QED) is 0.303. The molecule has 2 heterocycles. The van der Waals surface area contributed by atoms with Gasteiger partial charge in [-0.05, 0) is 55.1 Å². The van der Waals surface area contributed by atoms with Crippen LogP contribution in [-0.2, 0) is 0 Å². The lowest BCUT2D eigenvalue weighted by Gasteiger charge is -2.17. The number of likely N-dealkylation sites (N-methyl/N-ethyl adjacent to an activating group) is 1. The third-order valence-electron chi connectivity index (χ3n) is 5.20. The molecule has 0 radical (unpaired) electrons. The zero-order valence-corrected chi connectivity index (χ0v) is 18.3. The molecule has 4 aromatic rings. The van der Waals surface area contributed by atoms with E-state index in [0.29, 0.717) is 12.4 Å². The Balaban J connectivity index is 1.38. The van der Waals surface area contributed by atoms with Crippen molar-refractivity contribution in [3.05, 3.63) is 72.7 Å². The molecule has 0 saturated carbocycles. The fourth-order valence-electron chi connectivity index (χ4n) is 3.34. The first-order chi connectivity index (χ1) is 15.8. The van der Waals surface area contributed by atoms with Crippen molar-refractivity contribution in [2.24, 2.45) is 5.10 Å². The van der Waals surface area contributed by atoms with Gasteiger partial charge in [0.25, 0.3) is 0 Å². The third kappa shape index (κ3) is 5.09. The van der Waals surface area contributed by atoms with Crippen molar-refractivity contribution in [1.82, 2.24) is 24.6 Å². The average Bonchev–Trinajstić information content (AvgIpc) is 3.28. The SMILES string of the molecule is CCN(CC)CCOc1ccc(/C=N/Nc2ncnc3c2cnn3-c2ccccc2)cc1. The van der Waals surface area contributed by atoms with Gasteiger partial charge in [0.1, 0.15) is 18.7 Å². The van der Waals surface area contributed by atoms with E-state index in [1.54, 1.807) is 17.1 Å². The number of aromatic nitrogens is 4. The summed E-state index contributed by atoms with van der Waals surface area (Å²) in [7, 11) is 0. The zero-order valence-electron chi connectivity index (χ0n) is 18.3. The number of fused-ring (bicyclic) bond motifs is 1. The largest absolute Gasteiger partial charge is 0.492 e. The number of nitrogens with zero attached hydrogens (tertiary/aromatic N) is 6. The minimum atomic E-state index is 0.602. The molecule has 0 aliphatic carbocycles. The summed E-state index contributed by atoms with van der Waals surface area (Å²) in [5.41, 5.74) is 5.62. The number of ether oxygens (including phenoxy) is 1. The topological polar surface area (TPSA) is 80.5 Å². The summed E-state index contributed by atoms with van der Waals surface area (Å²) < 4.78 is 7.61. The highest BCUT2D eigenvalue weighted by Crippen LogP contribution is 2.21. The van der Waals surface area contributed by atoms with Gasteiger partial charge in [-0.2, -0.15) is 10.2 Å². The van der Waals surface area contributed by atoms with E-state index in [1.165, 1.54) is 6.33 Å². The molecular weight excluding hydrogens is 402 g/mol. The van der Waals surface area contributed by atoms with E-state index in [1.807, 2.05) is 54.6 Å². The summed E-state index contributed by atoms with van der Waals surface area (Å²) in [6, 6.07) is 17.7. The van der Waals surface area contributed by atoms with Crippen LogP contribution >= 0.6 is 0 Å². The van der Waals surface area contributed by atoms with Gasteiger partial charge in [0, 0.05) is 6.54 Å². The molecule has 2 aromatic heterocycles. The molecule has 0 spiro atoms. The van der Waals surface area contributed by atoms with Crippen LogP contribution in [0, 0.1) is 0 Å². The van der Waals surface area contributed by atoms with E-state index in [0.717, 1.165) is 47.7 Å². The number of hydrazone groups is 1. The lowest BCUT2D eigenvalue weighted by atomic mass is 10.2. The number of nitrogens with one attached hydrogen (secondary N) is 1. The normalized spacial score (nSPS) is 11.5. The number of rotatable bonds is 10. The van der Waals surface area contributed by atoms with Crippen LogP contribution in [0.15, 0.2) is 72.2 Å². The first kappa shape index (κ1) is 21.5. The summed E-state index contributed by atoms with van der Waals surface area (Å²) in [4.78, 5) is 11.0. The van der Waals surface area contributed by atoms with Crippen LogP contribution in [0.5, 0.6) is 5.75 Å². The maximum atomic E-state index is 5.83. The zero-order chi connectivity index (χ0) is 22.2.